The van der Waals surface area contributed by atoms with Crippen LogP contribution in [0.1, 0.15) is 29.7 Å². The fourth-order valence-corrected chi connectivity index (χ4v) is 1.48. The molecule has 2 unspecified atom stereocenters. The summed E-state index contributed by atoms with van der Waals surface area (Å²) in [6.07, 6.45) is -0.942. The van der Waals surface area contributed by atoms with E-state index in [1.165, 1.54) is 6.92 Å². The maximum atomic E-state index is 10.8. The molecule has 0 radical (unpaired) electrons. The van der Waals surface area contributed by atoms with Crippen LogP contribution in [-0.4, -0.2) is 16.2 Å². The highest BCUT2D eigenvalue weighted by Gasteiger charge is 2.23. The van der Waals surface area contributed by atoms with E-state index in [9.17, 15) is 9.90 Å². The lowest BCUT2D eigenvalue weighted by Gasteiger charge is -2.18. The fourth-order valence-electron chi connectivity index (χ4n) is 1.48. The Kier molecular flexibility index (Phi) is 3.48. The van der Waals surface area contributed by atoms with Gasteiger partial charge < -0.3 is 10.2 Å². The molecule has 3 heteroatoms. The Labute approximate surface area is 89.4 Å². The lowest BCUT2D eigenvalue weighted by molar-refractivity contribution is -0.145. The maximum absolute atomic E-state index is 10.8. The first-order chi connectivity index (χ1) is 6.93. The summed E-state index contributed by atoms with van der Waals surface area (Å²) in [6.45, 7) is 5.29. The summed E-state index contributed by atoms with van der Waals surface area (Å²) in [5.41, 5.74) is 2.64. The van der Waals surface area contributed by atoms with Crippen LogP contribution < -0.4 is 0 Å². The predicted molar refractivity (Wildman–Crippen MR) is 57.7 cm³/mol. The molecule has 0 aliphatic rings. The van der Waals surface area contributed by atoms with Crippen molar-refractivity contribution >= 4 is 5.97 Å². The van der Waals surface area contributed by atoms with Crippen molar-refractivity contribution in [3.05, 3.63) is 34.9 Å². The molecule has 82 valence electrons. The van der Waals surface area contributed by atoms with E-state index >= 15 is 0 Å². The van der Waals surface area contributed by atoms with Gasteiger partial charge in [-0.1, -0.05) is 23.8 Å². The highest BCUT2D eigenvalue weighted by atomic mass is 16.4. The number of carbonyl (C=O) groups is 1. The van der Waals surface area contributed by atoms with Gasteiger partial charge >= 0.3 is 5.97 Å². The van der Waals surface area contributed by atoms with E-state index in [0.29, 0.717) is 5.56 Å². The van der Waals surface area contributed by atoms with Crippen molar-refractivity contribution in [3.63, 3.8) is 0 Å². The number of aryl methyl sites for hydroxylation is 2. The molecule has 0 bridgehead atoms. The van der Waals surface area contributed by atoms with E-state index in [2.05, 4.69) is 0 Å². The first-order valence-corrected chi connectivity index (χ1v) is 4.91. The number of carboxylic acid groups (broad SMARTS) is 1. The third kappa shape index (κ3) is 2.57. The summed E-state index contributed by atoms with van der Waals surface area (Å²) >= 11 is 0. The SMILES string of the molecule is Cc1ccc(C)c(C(O)C(C)C(=O)O)c1. The summed E-state index contributed by atoms with van der Waals surface area (Å²) in [6, 6.07) is 5.67. The van der Waals surface area contributed by atoms with E-state index in [-0.39, 0.29) is 0 Å². The average molecular weight is 208 g/mol. The Morgan fingerprint density at radius 3 is 2.47 bits per heavy atom. The Balaban J connectivity index is 3.04. The summed E-state index contributed by atoms with van der Waals surface area (Å²) in [7, 11) is 0. The lowest BCUT2D eigenvalue weighted by Crippen LogP contribution is -2.19. The third-order valence-electron chi connectivity index (χ3n) is 2.62. The number of benzene rings is 1. The molecule has 0 aliphatic heterocycles. The molecule has 3 nitrogen and oxygen atoms in total. The van der Waals surface area contributed by atoms with Crippen LogP contribution in [0.5, 0.6) is 0 Å². The second-order valence-corrected chi connectivity index (χ2v) is 3.93. The Morgan fingerprint density at radius 2 is 1.93 bits per heavy atom. The number of hydrogen-bond donors (Lipinski definition) is 2. The predicted octanol–water partition coefficient (Wildman–Crippen LogP) is 2.06. The smallest absolute Gasteiger partial charge is 0.309 e. The zero-order valence-electron chi connectivity index (χ0n) is 9.19. The molecular weight excluding hydrogens is 192 g/mol. The van der Waals surface area contributed by atoms with E-state index in [1.807, 2.05) is 32.0 Å². The molecule has 1 aromatic carbocycles. The molecule has 0 heterocycles. The van der Waals surface area contributed by atoms with Crippen molar-refractivity contribution in [2.45, 2.75) is 26.9 Å². The van der Waals surface area contributed by atoms with Gasteiger partial charge in [0.05, 0.1) is 12.0 Å². The van der Waals surface area contributed by atoms with Gasteiger partial charge in [-0.05, 0) is 31.9 Å². The first-order valence-electron chi connectivity index (χ1n) is 4.91. The maximum Gasteiger partial charge on any atom is 0.309 e. The number of rotatable bonds is 3. The van der Waals surface area contributed by atoms with Crippen LogP contribution in [0.2, 0.25) is 0 Å². The van der Waals surface area contributed by atoms with Crippen molar-refractivity contribution < 1.29 is 15.0 Å². The van der Waals surface area contributed by atoms with Gasteiger partial charge in [-0.3, -0.25) is 4.79 Å². The molecule has 0 aromatic heterocycles. The zero-order chi connectivity index (χ0) is 11.6. The van der Waals surface area contributed by atoms with Crippen LogP contribution in [0, 0.1) is 19.8 Å². The highest BCUT2D eigenvalue weighted by molar-refractivity contribution is 5.70. The molecule has 0 amide bonds. The third-order valence-corrected chi connectivity index (χ3v) is 2.62. The first kappa shape index (κ1) is 11.7. The van der Waals surface area contributed by atoms with Crippen molar-refractivity contribution in [1.82, 2.24) is 0 Å². The van der Waals surface area contributed by atoms with Gasteiger partial charge in [0.1, 0.15) is 0 Å². The molecule has 2 N–H and O–H groups in total. The van der Waals surface area contributed by atoms with Crippen molar-refractivity contribution in [3.8, 4) is 0 Å². The summed E-state index contributed by atoms with van der Waals surface area (Å²) < 4.78 is 0. The monoisotopic (exact) mass is 208 g/mol. The minimum atomic E-state index is -0.983. The minimum absolute atomic E-state index is 0.699. The normalized spacial score (nSPS) is 14.7. The number of aliphatic hydroxyl groups is 1. The number of aliphatic carboxylic acids is 1. The van der Waals surface area contributed by atoms with Gasteiger partial charge in [-0.2, -0.15) is 0 Å². The molecule has 15 heavy (non-hydrogen) atoms. The molecule has 2 atom stereocenters. The molecular formula is C12H16O3. The van der Waals surface area contributed by atoms with Crippen LogP contribution >= 0.6 is 0 Å². The Morgan fingerprint density at radius 1 is 1.33 bits per heavy atom. The van der Waals surface area contributed by atoms with Gasteiger partial charge in [0, 0.05) is 0 Å². The average Bonchev–Trinajstić information content (AvgIpc) is 2.19. The summed E-state index contributed by atoms with van der Waals surface area (Å²) in [5, 5.41) is 18.7. The molecule has 0 spiro atoms. The van der Waals surface area contributed by atoms with Gasteiger partial charge in [0.25, 0.3) is 0 Å². The lowest BCUT2D eigenvalue weighted by atomic mass is 9.93. The minimum Gasteiger partial charge on any atom is -0.481 e. The summed E-state index contributed by atoms with van der Waals surface area (Å²) in [5.74, 6) is -1.77. The zero-order valence-corrected chi connectivity index (χ0v) is 9.19. The molecule has 1 rings (SSSR count). The van der Waals surface area contributed by atoms with Gasteiger partial charge in [0.15, 0.2) is 0 Å². The van der Waals surface area contributed by atoms with E-state index in [4.69, 9.17) is 5.11 Å². The molecule has 0 saturated heterocycles. The number of carboxylic acids is 1. The van der Waals surface area contributed by atoms with Crippen LogP contribution in [0.15, 0.2) is 18.2 Å². The second-order valence-electron chi connectivity index (χ2n) is 3.93. The molecule has 0 saturated carbocycles. The standard InChI is InChI=1S/C12H16O3/c1-7-4-5-8(2)10(6-7)11(13)9(3)12(14)15/h4-6,9,11,13H,1-3H3,(H,14,15). The van der Waals surface area contributed by atoms with Crippen LogP contribution in [0.3, 0.4) is 0 Å². The van der Waals surface area contributed by atoms with Gasteiger partial charge in [-0.15, -0.1) is 0 Å². The Hall–Kier alpha value is -1.35. The Bertz CT molecular complexity index is 371. The molecule has 0 aliphatic carbocycles. The number of aliphatic hydroxyl groups excluding tert-OH is 1. The highest BCUT2D eigenvalue weighted by Crippen LogP contribution is 2.25. The van der Waals surface area contributed by atoms with Gasteiger partial charge in [0.2, 0.25) is 0 Å². The van der Waals surface area contributed by atoms with E-state index in [1.54, 1.807) is 0 Å². The van der Waals surface area contributed by atoms with Crippen molar-refractivity contribution in [1.29, 1.82) is 0 Å². The molecule has 1 aromatic rings. The largest absolute Gasteiger partial charge is 0.481 e. The molecule has 0 fully saturated rings. The van der Waals surface area contributed by atoms with Crippen molar-refractivity contribution in [2.75, 3.05) is 0 Å². The quantitative estimate of drug-likeness (QED) is 0.799. The number of hydrogen-bond acceptors (Lipinski definition) is 2. The van der Waals surface area contributed by atoms with E-state index in [0.717, 1.165) is 11.1 Å². The van der Waals surface area contributed by atoms with Crippen LogP contribution in [0.4, 0.5) is 0 Å². The van der Waals surface area contributed by atoms with E-state index < -0.39 is 18.0 Å². The van der Waals surface area contributed by atoms with Crippen molar-refractivity contribution in [2.24, 2.45) is 5.92 Å². The van der Waals surface area contributed by atoms with Gasteiger partial charge in [-0.25, -0.2) is 0 Å². The second kappa shape index (κ2) is 4.45. The van der Waals surface area contributed by atoms with Crippen LogP contribution in [0.25, 0.3) is 0 Å². The summed E-state index contributed by atoms with van der Waals surface area (Å²) in [4.78, 5) is 10.8. The topological polar surface area (TPSA) is 57.5 Å². The fraction of sp³-hybridized carbons (Fsp3) is 0.417. The van der Waals surface area contributed by atoms with Crippen LogP contribution in [-0.2, 0) is 4.79 Å².